The molecule has 0 amide bonds. The van der Waals surface area contributed by atoms with Gasteiger partial charge < -0.3 is 14.9 Å². The molecule has 0 saturated heterocycles. The Hall–Kier alpha value is -0.610. The molecule has 0 atom stereocenters. The summed E-state index contributed by atoms with van der Waals surface area (Å²) in [5.41, 5.74) is 0. The molecule has 0 aromatic carbocycles. The molecule has 2 N–H and O–H groups in total. The quantitative estimate of drug-likeness (QED) is 0.428. The van der Waals surface area contributed by atoms with Crippen LogP contribution in [0, 0.1) is 0 Å². The fourth-order valence-electron chi connectivity index (χ4n) is 1.23. The average Bonchev–Trinajstić information content (AvgIpc) is 2.25. The van der Waals surface area contributed by atoms with Gasteiger partial charge in [-0.25, -0.2) is 0 Å². The fraction of sp³-hybridized carbons (Fsp3) is 0.909. The number of rotatable bonds is 10. The minimum absolute atomic E-state index is 0.0380. The van der Waals surface area contributed by atoms with Crippen molar-refractivity contribution < 1.29 is 19.7 Å². The number of carbonyl (C=O) groups excluding carboxylic acids is 1. The monoisotopic (exact) mass is 218 g/mol. The maximum Gasteiger partial charge on any atom is 0.305 e. The van der Waals surface area contributed by atoms with E-state index in [1.54, 1.807) is 0 Å². The zero-order valence-electron chi connectivity index (χ0n) is 9.28. The Morgan fingerprint density at radius 2 is 1.47 bits per heavy atom. The number of aliphatic hydroxyl groups is 2. The lowest BCUT2D eigenvalue weighted by Crippen LogP contribution is -2.06. The SMILES string of the molecule is O=C(CCCO)OCCCCCCCO. The highest BCUT2D eigenvalue weighted by atomic mass is 16.5. The summed E-state index contributed by atoms with van der Waals surface area (Å²) in [5.74, 6) is -0.223. The number of carbonyl (C=O) groups is 1. The Kier molecular flexibility index (Phi) is 11.0. The summed E-state index contributed by atoms with van der Waals surface area (Å²) in [7, 11) is 0. The third kappa shape index (κ3) is 11.3. The normalized spacial score (nSPS) is 10.3. The van der Waals surface area contributed by atoms with Crippen molar-refractivity contribution >= 4 is 5.97 Å². The lowest BCUT2D eigenvalue weighted by Gasteiger charge is -2.03. The molecule has 0 aliphatic heterocycles. The highest BCUT2D eigenvalue weighted by Crippen LogP contribution is 2.03. The van der Waals surface area contributed by atoms with E-state index < -0.39 is 0 Å². The van der Waals surface area contributed by atoms with E-state index >= 15 is 0 Å². The van der Waals surface area contributed by atoms with Gasteiger partial charge in [-0.2, -0.15) is 0 Å². The summed E-state index contributed by atoms with van der Waals surface area (Å²) in [6.07, 6.45) is 5.68. The smallest absolute Gasteiger partial charge is 0.305 e. The van der Waals surface area contributed by atoms with Crippen molar-refractivity contribution in [3.05, 3.63) is 0 Å². The zero-order chi connectivity index (χ0) is 11.4. The standard InChI is InChI=1S/C11H22O4/c12-8-4-2-1-3-5-10-15-11(14)7-6-9-13/h12-13H,1-10H2. The van der Waals surface area contributed by atoms with E-state index in [0.29, 0.717) is 19.4 Å². The van der Waals surface area contributed by atoms with Crippen molar-refractivity contribution in [2.24, 2.45) is 0 Å². The Balaban J connectivity index is 3.06. The van der Waals surface area contributed by atoms with Gasteiger partial charge in [0.1, 0.15) is 0 Å². The van der Waals surface area contributed by atoms with E-state index in [1.165, 1.54) is 0 Å². The minimum Gasteiger partial charge on any atom is -0.466 e. The van der Waals surface area contributed by atoms with Crippen molar-refractivity contribution in [2.45, 2.75) is 44.9 Å². The van der Waals surface area contributed by atoms with Gasteiger partial charge in [0.2, 0.25) is 0 Å². The van der Waals surface area contributed by atoms with Crippen LogP contribution in [0.15, 0.2) is 0 Å². The molecular weight excluding hydrogens is 196 g/mol. The summed E-state index contributed by atoms with van der Waals surface area (Å²) in [6.45, 7) is 0.774. The van der Waals surface area contributed by atoms with E-state index in [4.69, 9.17) is 14.9 Å². The summed E-state index contributed by atoms with van der Waals surface area (Å²) < 4.78 is 4.95. The number of esters is 1. The van der Waals surface area contributed by atoms with Gasteiger partial charge in [-0.05, 0) is 19.3 Å². The van der Waals surface area contributed by atoms with Gasteiger partial charge in [0.05, 0.1) is 6.61 Å². The second-order valence-corrected chi connectivity index (χ2v) is 3.54. The molecule has 0 saturated carbocycles. The molecule has 0 unspecified atom stereocenters. The van der Waals surface area contributed by atoms with Crippen molar-refractivity contribution in [1.29, 1.82) is 0 Å². The number of hydrogen-bond donors (Lipinski definition) is 2. The molecule has 0 fully saturated rings. The van der Waals surface area contributed by atoms with Crippen molar-refractivity contribution in [3.63, 3.8) is 0 Å². The number of hydrogen-bond acceptors (Lipinski definition) is 4. The van der Waals surface area contributed by atoms with Crippen LogP contribution in [-0.4, -0.2) is 36.0 Å². The summed E-state index contributed by atoms with van der Waals surface area (Å²) >= 11 is 0. The lowest BCUT2D eigenvalue weighted by atomic mass is 10.1. The summed E-state index contributed by atoms with van der Waals surface area (Å²) in [5, 5.41) is 17.0. The van der Waals surface area contributed by atoms with Crippen LogP contribution < -0.4 is 0 Å². The summed E-state index contributed by atoms with van der Waals surface area (Å²) in [6, 6.07) is 0. The topological polar surface area (TPSA) is 66.8 Å². The number of aliphatic hydroxyl groups excluding tert-OH is 2. The van der Waals surface area contributed by atoms with E-state index in [1.807, 2.05) is 0 Å². The molecule has 0 rings (SSSR count). The van der Waals surface area contributed by atoms with Gasteiger partial charge in [0.25, 0.3) is 0 Å². The molecule has 0 aromatic rings. The Bertz CT molecular complexity index is 148. The van der Waals surface area contributed by atoms with Crippen LogP contribution in [0.2, 0.25) is 0 Å². The van der Waals surface area contributed by atoms with Crippen molar-refractivity contribution in [2.75, 3.05) is 19.8 Å². The van der Waals surface area contributed by atoms with Gasteiger partial charge in [0.15, 0.2) is 0 Å². The molecule has 0 aliphatic rings. The van der Waals surface area contributed by atoms with E-state index in [-0.39, 0.29) is 19.2 Å². The lowest BCUT2D eigenvalue weighted by molar-refractivity contribution is -0.144. The molecule has 0 aromatic heterocycles. The Labute approximate surface area is 91.3 Å². The van der Waals surface area contributed by atoms with Gasteiger partial charge >= 0.3 is 5.97 Å². The number of ether oxygens (including phenoxy) is 1. The molecular formula is C11H22O4. The second kappa shape index (κ2) is 11.5. The first-order valence-corrected chi connectivity index (χ1v) is 5.68. The van der Waals surface area contributed by atoms with Crippen LogP contribution in [0.25, 0.3) is 0 Å². The average molecular weight is 218 g/mol. The van der Waals surface area contributed by atoms with Crippen LogP contribution in [0.1, 0.15) is 44.9 Å². The van der Waals surface area contributed by atoms with Crippen molar-refractivity contribution in [1.82, 2.24) is 0 Å². The minimum atomic E-state index is -0.223. The van der Waals surface area contributed by atoms with Crippen LogP contribution in [0.3, 0.4) is 0 Å². The Morgan fingerprint density at radius 1 is 0.867 bits per heavy atom. The molecule has 90 valence electrons. The molecule has 0 bridgehead atoms. The maximum atomic E-state index is 11.0. The van der Waals surface area contributed by atoms with Gasteiger partial charge in [-0.15, -0.1) is 0 Å². The van der Waals surface area contributed by atoms with Crippen molar-refractivity contribution in [3.8, 4) is 0 Å². The zero-order valence-corrected chi connectivity index (χ0v) is 9.28. The summed E-state index contributed by atoms with van der Waals surface area (Å²) in [4.78, 5) is 11.0. The first-order valence-electron chi connectivity index (χ1n) is 5.68. The Morgan fingerprint density at radius 3 is 2.13 bits per heavy atom. The van der Waals surface area contributed by atoms with Gasteiger partial charge in [-0.3, -0.25) is 4.79 Å². The largest absolute Gasteiger partial charge is 0.466 e. The first-order chi connectivity index (χ1) is 7.31. The first kappa shape index (κ1) is 14.4. The molecule has 0 spiro atoms. The van der Waals surface area contributed by atoms with Crippen LogP contribution in [0.4, 0.5) is 0 Å². The van der Waals surface area contributed by atoms with E-state index in [9.17, 15) is 4.79 Å². The van der Waals surface area contributed by atoms with E-state index in [2.05, 4.69) is 0 Å². The van der Waals surface area contributed by atoms with E-state index in [0.717, 1.165) is 32.1 Å². The molecule has 0 radical (unpaired) electrons. The highest BCUT2D eigenvalue weighted by molar-refractivity contribution is 5.69. The third-order valence-electron chi connectivity index (χ3n) is 2.10. The predicted octanol–water partition coefficient (Wildman–Crippen LogP) is 1.24. The van der Waals surface area contributed by atoms with Gasteiger partial charge in [-0.1, -0.05) is 19.3 Å². The fourth-order valence-corrected chi connectivity index (χ4v) is 1.23. The molecule has 15 heavy (non-hydrogen) atoms. The third-order valence-corrected chi connectivity index (χ3v) is 2.10. The van der Waals surface area contributed by atoms with Crippen LogP contribution in [0.5, 0.6) is 0 Å². The predicted molar refractivity (Wildman–Crippen MR) is 57.4 cm³/mol. The van der Waals surface area contributed by atoms with Gasteiger partial charge in [0, 0.05) is 19.6 Å². The second-order valence-electron chi connectivity index (χ2n) is 3.54. The molecule has 4 nitrogen and oxygen atoms in total. The highest BCUT2D eigenvalue weighted by Gasteiger charge is 2.00. The maximum absolute atomic E-state index is 11.0. The van der Waals surface area contributed by atoms with Crippen LogP contribution in [-0.2, 0) is 9.53 Å². The molecule has 0 heterocycles. The number of unbranched alkanes of at least 4 members (excludes halogenated alkanes) is 4. The van der Waals surface area contributed by atoms with Crippen LogP contribution >= 0.6 is 0 Å². The molecule has 4 heteroatoms. The molecule has 0 aliphatic carbocycles.